The fourth-order valence-electron chi connectivity index (χ4n) is 3.11. The first-order valence-corrected chi connectivity index (χ1v) is 10.8. The minimum absolute atomic E-state index is 0.130. The molecule has 3 heteroatoms. The molecule has 1 atom stereocenters. The first kappa shape index (κ1) is 23.5. The summed E-state index contributed by atoms with van der Waals surface area (Å²) in [6.45, 7) is 17.0. The van der Waals surface area contributed by atoms with Crippen LogP contribution in [0.25, 0.3) is 11.3 Å². The van der Waals surface area contributed by atoms with E-state index in [1.807, 2.05) is 14.1 Å². The Hall–Kier alpha value is -1.50. The summed E-state index contributed by atoms with van der Waals surface area (Å²) in [5, 5.41) is 10.2. The summed E-state index contributed by atoms with van der Waals surface area (Å²) in [6.07, 6.45) is 4.70. The first-order chi connectivity index (χ1) is 12.5. The van der Waals surface area contributed by atoms with E-state index in [9.17, 15) is 5.11 Å². The quantitative estimate of drug-likeness (QED) is 0.384. The number of hydrogen-bond acceptors (Lipinski definition) is 3. The van der Waals surface area contributed by atoms with Gasteiger partial charge in [-0.2, -0.15) is 0 Å². The third-order valence-electron chi connectivity index (χ3n) is 5.46. The van der Waals surface area contributed by atoms with Crippen LogP contribution in [-0.4, -0.2) is 29.6 Å². The van der Waals surface area contributed by atoms with E-state index in [4.69, 9.17) is 0 Å². The van der Waals surface area contributed by atoms with Crippen LogP contribution in [0.3, 0.4) is 0 Å². The molecule has 150 valence electrons. The fraction of sp³-hybridized carbons (Fsp3) is 0.583. The summed E-state index contributed by atoms with van der Waals surface area (Å²) in [4.78, 5) is 3.92. The number of allylic oxidation sites excluding steroid dienone is 2. The van der Waals surface area contributed by atoms with Crippen LogP contribution in [-0.2, 0) is 0 Å². The summed E-state index contributed by atoms with van der Waals surface area (Å²) < 4.78 is 0. The van der Waals surface area contributed by atoms with Crippen LogP contribution >= 0.6 is 11.3 Å². The Morgan fingerprint density at radius 2 is 1.96 bits per heavy atom. The van der Waals surface area contributed by atoms with Gasteiger partial charge in [0.1, 0.15) is 5.76 Å². The molecule has 0 aliphatic carbocycles. The number of rotatable bonds is 8. The molecule has 1 aromatic heterocycles. The highest BCUT2D eigenvalue weighted by Crippen LogP contribution is 2.36. The van der Waals surface area contributed by atoms with E-state index in [1.54, 1.807) is 0 Å². The minimum Gasteiger partial charge on any atom is -0.507 e. The van der Waals surface area contributed by atoms with Gasteiger partial charge in [-0.1, -0.05) is 57.6 Å². The molecule has 0 fully saturated rings. The van der Waals surface area contributed by atoms with Crippen LogP contribution < -0.4 is 0 Å². The molecule has 0 saturated heterocycles. The predicted molar refractivity (Wildman–Crippen MR) is 122 cm³/mol. The third-order valence-corrected chi connectivity index (χ3v) is 6.56. The van der Waals surface area contributed by atoms with Gasteiger partial charge in [-0.25, -0.2) is 0 Å². The summed E-state index contributed by atoms with van der Waals surface area (Å²) in [5.74, 6) is 7.34. The van der Waals surface area contributed by atoms with Crippen LogP contribution in [0.15, 0.2) is 18.2 Å². The fourth-order valence-corrected chi connectivity index (χ4v) is 4.05. The van der Waals surface area contributed by atoms with Crippen molar-refractivity contribution in [1.29, 1.82) is 0 Å². The second-order valence-electron chi connectivity index (χ2n) is 8.05. The van der Waals surface area contributed by atoms with E-state index < -0.39 is 0 Å². The van der Waals surface area contributed by atoms with Crippen molar-refractivity contribution in [2.45, 2.75) is 72.8 Å². The van der Waals surface area contributed by atoms with Crippen LogP contribution in [0.4, 0.5) is 0 Å². The smallest absolute Gasteiger partial charge is 0.126 e. The van der Waals surface area contributed by atoms with Crippen LogP contribution in [0.2, 0.25) is 0 Å². The van der Waals surface area contributed by atoms with Crippen molar-refractivity contribution in [2.75, 3.05) is 14.1 Å². The Morgan fingerprint density at radius 1 is 1.33 bits per heavy atom. The van der Waals surface area contributed by atoms with Gasteiger partial charge in [-0.05, 0) is 65.3 Å². The van der Waals surface area contributed by atoms with Crippen molar-refractivity contribution in [2.24, 2.45) is 5.92 Å². The zero-order chi connectivity index (χ0) is 20.8. The summed E-state index contributed by atoms with van der Waals surface area (Å²) in [6, 6.07) is 2.12. The van der Waals surface area contributed by atoms with Crippen LogP contribution in [0, 0.1) is 17.8 Å². The van der Waals surface area contributed by atoms with Crippen LogP contribution in [0.5, 0.6) is 0 Å². The molecule has 0 aromatic carbocycles. The monoisotopic (exact) mass is 387 g/mol. The molecule has 1 rings (SSSR count). The number of aliphatic hydroxyl groups excluding tert-OH is 1. The number of thiophene rings is 1. The van der Waals surface area contributed by atoms with E-state index in [-0.39, 0.29) is 11.3 Å². The Labute approximate surface area is 171 Å². The van der Waals surface area contributed by atoms with Gasteiger partial charge in [0.05, 0.1) is 15.3 Å². The predicted octanol–water partition coefficient (Wildman–Crippen LogP) is 6.98. The average molecular weight is 388 g/mol. The normalized spacial score (nSPS) is 13.8. The van der Waals surface area contributed by atoms with Crippen molar-refractivity contribution in [3.8, 4) is 11.8 Å². The molecule has 1 aromatic rings. The van der Waals surface area contributed by atoms with Crippen molar-refractivity contribution >= 4 is 22.7 Å². The van der Waals surface area contributed by atoms with Gasteiger partial charge in [-0.3, -0.25) is 4.90 Å². The lowest BCUT2D eigenvalue weighted by molar-refractivity contribution is 0.263. The molecular weight excluding hydrogens is 350 g/mol. The molecule has 0 radical (unpaired) electrons. The first-order valence-electron chi connectivity index (χ1n) is 9.97. The number of aliphatic hydroxyl groups is 1. The standard InChI is InChI=1S/C24H37NOS/c1-10-12-13-17(3)21(11-2)18(4)22-16-20(27-23(22)19(5)26)14-15-24(6,7)25(8)9/h16-17,26H,5,10-13H2,1-4,6-9H3/b21-18-. The van der Waals surface area contributed by atoms with Gasteiger partial charge in [0.15, 0.2) is 0 Å². The Kier molecular flexibility index (Phi) is 8.85. The zero-order valence-electron chi connectivity index (χ0n) is 18.5. The highest BCUT2D eigenvalue weighted by atomic mass is 32.1. The van der Waals surface area contributed by atoms with E-state index in [0.29, 0.717) is 5.92 Å². The summed E-state index contributed by atoms with van der Waals surface area (Å²) >= 11 is 1.53. The van der Waals surface area contributed by atoms with Gasteiger partial charge >= 0.3 is 0 Å². The maximum Gasteiger partial charge on any atom is 0.126 e. The van der Waals surface area contributed by atoms with E-state index in [2.05, 4.69) is 70.9 Å². The van der Waals surface area contributed by atoms with Gasteiger partial charge in [0.25, 0.3) is 0 Å². The second-order valence-corrected chi connectivity index (χ2v) is 9.10. The van der Waals surface area contributed by atoms with Crippen LogP contribution in [0.1, 0.15) is 82.5 Å². The number of nitrogens with zero attached hydrogens (tertiary/aromatic N) is 1. The van der Waals surface area contributed by atoms with Crippen molar-refractivity contribution in [1.82, 2.24) is 4.90 Å². The molecule has 1 unspecified atom stereocenters. The van der Waals surface area contributed by atoms with Crippen molar-refractivity contribution in [3.63, 3.8) is 0 Å². The topological polar surface area (TPSA) is 23.5 Å². The van der Waals surface area contributed by atoms with Gasteiger partial charge in [0.2, 0.25) is 0 Å². The highest BCUT2D eigenvalue weighted by molar-refractivity contribution is 7.13. The lowest BCUT2D eigenvalue weighted by atomic mass is 9.87. The van der Waals surface area contributed by atoms with E-state index in [0.717, 1.165) is 21.7 Å². The Morgan fingerprint density at radius 3 is 2.44 bits per heavy atom. The molecule has 0 amide bonds. The molecule has 2 nitrogen and oxygen atoms in total. The van der Waals surface area contributed by atoms with Gasteiger partial charge in [-0.15, -0.1) is 11.3 Å². The van der Waals surface area contributed by atoms with Crippen molar-refractivity contribution < 1.29 is 5.11 Å². The molecule has 0 spiro atoms. The number of unbranched alkanes of at least 4 members (excludes halogenated alkanes) is 1. The molecule has 0 saturated carbocycles. The van der Waals surface area contributed by atoms with Crippen molar-refractivity contribution in [3.05, 3.63) is 33.5 Å². The zero-order valence-corrected chi connectivity index (χ0v) is 19.3. The molecule has 1 heterocycles. The molecule has 27 heavy (non-hydrogen) atoms. The maximum absolute atomic E-state index is 10.2. The largest absolute Gasteiger partial charge is 0.507 e. The maximum atomic E-state index is 10.2. The molecular formula is C24H37NOS. The summed E-state index contributed by atoms with van der Waals surface area (Å²) in [7, 11) is 4.07. The summed E-state index contributed by atoms with van der Waals surface area (Å²) in [5.41, 5.74) is 3.62. The third kappa shape index (κ3) is 6.26. The minimum atomic E-state index is -0.200. The average Bonchev–Trinajstić information content (AvgIpc) is 3.03. The molecule has 0 bridgehead atoms. The molecule has 0 aliphatic heterocycles. The highest BCUT2D eigenvalue weighted by Gasteiger charge is 2.19. The lowest BCUT2D eigenvalue weighted by Crippen LogP contribution is -2.36. The molecule has 0 aliphatic rings. The Balaban J connectivity index is 3.38. The van der Waals surface area contributed by atoms with Gasteiger partial charge in [0, 0.05) is 5.56 Å². The Bertz CT molecular complexity index is 740. The van der Waals surface area contributed by atoms with Gasteiger partial charge < -0.3 is 5.11 Å². The van der Waals surface area contributed by atoms with E-state index in [1.165, 1.54) is 41.7 Å². The van der Waals surface area contributed by atoms with E-state index >= 15 is 0 Å². The SMILES string of the molecule is C=C(O)c1sc(C#CC(C)(C)N(C)C)cc1/C(C)=C(/CC)C(C)CCCC. The lowest BCUT2D eigenvalue weighted by Gasteiger charge is -2.26. The second kappa shape index (κ2) is 10.2. The number of hydrogen-bond donors (Lipinski definition) is 1. The molecule has 1 N–H and O–H groups in total.